The summed E-state index contributed by atoms with van der Waals surface area (Å²) in [5.74, 6) is 0.560. The van der Waals surface area contributed by atoms with Gasteiger partial charge >= 0.3 is 0 Å². The predicted molar refractivity (Wildman–Crippen MR) is 101 cm³/mol. The highest BCUT2D eigenvalue weighted by molar-refractivity contribution is 5.78. The van der Waals surface area contributed by atoms with Crippen molar-refractivity contribution in [2.75, 3.05) is 39.3 Å². The molecule has 146 valence electrons. The van der Waals surface area contributed by atoms with Crippen molar-refractivity contribution in [3.8, 4) is 11.8 Å². The van der Waals surface area contributed by atoms with Gasteiger partial charge in [-0.3, -0.25) is 9.59 Å². The highest BCUT2D eigenvalue weighted by Gasteiger charge is 2.24. The van der Waals surface area contributed by atoms with E-state index >= 15 is 0 Å². The van der Waals surface area contributed by atoms with Gasteiger partial charge in [0, 0.05) is 18.5 Å². The SMILES string of the molecule is CC(C)(C)NC(=O)C[NH+]1CCCN(C(=O)COc2ccc(C#N)cc2)CC1. The normalized spacial score (nSPS) is 17.6. The number of carbonyl (C=O) groups excluding carboxylic acids is 2. The van der Waals surface area contributed by atoms with Gasteiger partial charge in [-0.15, -0.1) is 0 Å². The third-order valence-corrected chi connectivity index (χ3v) is 4.32. The van der Waals surface area contributed by atoms with E-state index < -0.39 is 0 Å². The summed E-state index contributed by atoms with van der Waals surface area (Å²) < 4.78 is 5.54. The van der Waals surface area contributed by atoms with Gasteiger partial charge in [-0.05, 0) is 45.0 Å². The summed E-state index contributed by atoms with van der Waals surface area (Å²) in [5, 5.41) is 11.8. The van der Waals surface area contributed by atoms with Gasteiger partial charge in [0.15, 0.2) is 13.2 Å². The molecule has 0 radical (unpaired) electrons. The van der Waals surface area contributed by atoms with E-state index in [0.29, 0.717) is 30.9 Å². The molecule has 1 heterocycles. The lowest BCUT2D eigenvalue weighted by molar-refractivity contribution is -0.889. The largest absolute Gasteiger partial charge is 0.484 e. The Bertz CT molecular complexity index is 689. The maximum absolute atomic E-state index is 12.4. The summed E-state index contributed by atoms with van der Waals surface area (Å²) in [4.78, 5) is 27.5. The number of hydrogen-bond acceptors (Lipinski definition) is 4. The van der Waals surface area contributed by atoms with Gasteiger partial charge in [-0.25, -0.2) is 0 Å². The Labute approximate surface area is 160 Å². The van der Waals surface area contributed by atoms with Crippen molar-refractivity contribution in [1.82, 2.24) is 10.2 Å². The molecule has 1 aromatic carbocycles. The molecular formula is C20H29N4O3+. The highest BCUT2D eigenvalue weighted by atomic mass is 16.5. The number of ether oxygens (including phenoxy) is 1. The second-order valence-electron chi connectivity index (χ2n) is 7.88. The standard InChI is InChI=1S/C20H28N4O3/c1-20(2,3)22-18(25)14-23-9-4-10-24(12-11-23)19(26)15-27-17-7-5-16(13-21)6-8-17/h5-8H,4,9-12,14-15H2,1-3H3,(H,22,25)/p+1. The van der Waals surface area contributed by atoms with E-state index in [1.165, 1.54) is 4.90 Å². The first-order valence-corrected chi connectivity index (χ1v) is 9.32. The summed E-state index contributed by atoms with van der Waals surface area (Å²) in [7, 11) is 0. The molecule has 1 unspecified atom stereocenters. The Balaban J connectivity index is 1.78. The molecule has 0 spiro atoms. The molecule has 1 aliphatic rings. The number of carbonyl (C=O) groups is 2. The van der Waals surface area contributed by atoms with Crippen LogP contribution in [-0.4, -0.2) is 61.6 Å². The minimum Gasteiger partial charge on any atom is -0.484 e. The molecule has 2 N–H and O–H groups in total. The number of nitriles is 1. The number of hydrogen-bond donors (Lipinski definition) is 2. The molecule has 27 heavy (non-hydrogen) atoms. The number of rotatable bonds is 5. The Morgan fingerprint density at radius 2 is 1.93 bits per heavy atom. The lowest BCUT2D eigenvalue weighted by Gasteiger charge is -2.23. The number of nitrogens with zero attached hydrogens (tertiary/aromatic N) is 2. The zero-order valence-corrected chi connectivity index (χ0v) is 16.4. The highest BCUT2D eigenvalue weighted by Crippen LogP contribution is 2.11. The first kappa shape index (κ1) is 20.7. The number of benzene rings is 1. The topological polar surface area (TPSA) is 86.9 Å². The summed E-state index contributed by atoms with van der Waals surface area (Å²) in [5.41, 5.74) is 0.326. The minimum atomic E-state index is -0.229. The van der Waals surface area contributed by atoms with Crippen LogP contribution < -0.4 is 15.0 Å². The van der Waals surface area contributed by atoms with Gasteiger partial charge in [0.25, 0.3) is 11.8 Å². The smallest absolute Gasteiger partial charge is 0.275 e. The van der Waals surface area contributed by atoms with Crippen molar-refractivity contribution in [1.29, 1.82) is 5.26 Å². The fraction of sp³-hybridized carbons (Fsp3) is 0.550. The molecular weight excluding hydrogens is 344 g/mol. The van der Waals surface area contributed by atoms with E-state index in [1.54, 1.807) is 29.2 Å². The van der Waals surface area contributed by atoms with Crippen LogP contribution in [-0.2, 0) is 9.59 Å². The molecule has 7 heteroatoms. The van der Waals surface area contributed by atoms with Crippen molar-refractivity contribution in [2.24, 2.45) is 0 Å². The first-order valence-electron chi connectivity index (χ1n) is 9.32. The molecule has 1 aliphatic heterocycles. The van der Waals surface area contributed by atoms with E-state index in [-0.39, 0.29) is 24.0 Å². The van der Waals surface area contributed by atoms with Crippen LogP contribution in [0.5, 0.6) is 5.75 Å². The Morgan fingerprint density at radius 3 is 2.56 bits per heavy atom. The van der Waals surface area contributed by atoms with Crippen molar-refractivity contribution in [3.63, 3.8) is 0 Å². The lowest BCUT2D eigenvalue weighted by Crippen LogP contribution is -3.13. The molecule has 2 rings (SSSR count). The van der Waals surface area contributed by atoms with Crippen LogP contribution in [0.2, 0.25) is 0 Å². The van der Waals surface area contributed by atoms with E-state index in [9.17, 15) is 9.59 Å². The molecule has 0 bridgehead atoms. The van der Waals surface area contributed by atoms with Gasteiger partial charge in [-0.2, -0.15) is 5.26 Å². The fourth-order valence-electron chi connectivity index (χ4n) is 3.03. The molecule has 2 amide bonds. The number of amides is 2. The molecule has 0 saturated carbocycles. The lowest BCUT2D eigenvalue weighted by atomic mass is 10.1. The zero-order chi connectivity index (χ0) is 19.9. The van der Waals surface area contributed by atoms with Crippen LogP contribution in [0.15, 0.2) is 24.3 Å². The first-order chi connectivity index (χ1) is 12.8. The maximum atomic E-state index is 12.4. The monoisotopic (exact) mass is 373 g/mol. The second kappa shape index (κ2) is 9.38. The number of quaternary nitrogens is 1. The molecule has 7 nitrogen and oxygen atoms in total. The van der Waals surface area contributed by atoms with Crippen LogP contribution in [0.4, 0.5) is 0 Å². The third-order valence-electron chi connectivity index (χ3n) is 4.32. The fourth-order valence-corrected chi connectivity index (χ4v) is 3.03. The summed E-state index contributed by atoms with van der Waals surface area (Å²) >= 11 is 0. The van der Waals surface area contributed by atoms with Crippen LogP contribution >= 0.6 is 0 Å². The summed E-state index contributed by atoms with van der Waals surface area (Å²) in [6.07, 6.45) is 0.862. The summed E-state index contributed by atoms with van der Waals surface area (Å²) in [6, 6.07) is 8.75. The van der Waals surface area contributed by atoms with Crippen molar-refractivity contribution < 1.29 is 19.2 Å². The quantitative estimate of drug-likeness (QED) is 0.759. The van der Waals surface area contributed by atoms with E-state index in [1.807, 2.05) is 26.8 Å². The second-order valence-corrected chi connectivity index (χ2v) is 7.88. The van der Waals surface area contributed by atoms with Crippen LogP contribution in [0.3, 0.4) is 0 Å². The van der Waals surface area contributed by atoms with Crippen LogP contribution in [0.1, 0.15) is 32.8 Å². The zero-order valence-electron chi connectivity index (χ0n) is 16.4. The van der Waals surface area contributed by atoms with Crippen molar-refractivity contribution >= 4 is 11.8 Å². The minimum absolute atomic E-state index is 0.0221. The van der Waals surface area contributed by atoms with E-state index in [0.717, 1.165) is 19.5 Å². The van der Waals surface area contributed by atoms with Gasteiger partial charge in [0.1, 0.15) is 5.75 Å². The van der Waals surface area contributed by atoms with Crippen LogP contribution in [0.25, 0.3) is 0 Å². The maximum Gasteiger partial charge on any atom is 0.275 e. The van der Waals surface area contributed by atoms with Crippen LogP contribution in [0, 0.1) is 11.3 Å². The van der Waals surface area contributed by atoms with Gasteiger partial charge < -0.3 is 19.9 Å². The molecule has 1 atom stereocenters. The van der Waals surface area contributed by atoms with Crippen molar-refractivity contribution in [2.45, 2.75) is 32.7 Å². The Hall–Kier alpha value is -2.59. The molecule has 1 aromatic rings. The molecule has 0 aliphatic carbocycles. The third kappa shape index (κ3) is 7.27. The van der Waals surface area contributed by atoms with Gasteiger partial charge in [0.2, 0.25) is 0 Å². The average Bonchev–Trinajstić information content (AvgIpc) is 2.84. The van der Waals surface area contributed by atoms with Gasteiger partial charge in [-0.1, -0.05) is 0 Å². The van der Waals surface area contributed by atoms with Crippen molar-refractivity contribution in [3.05, 3.63) is 29.8 Å². The Kier molecular flexibility index (Phi) is 7.19. The average molecular weight is 373 g/mol. The van der Waals surface area contributed by atoms with Gasteiger partial charge in [0.05, 0.1) is 31.3 Å². The molecule has 0 aromatic heterocycles. The number of nitrogens with one attached hydrogen (secondary N) is 2. The van der Waals surface area contributed by atoms with E-state index in [4.69, 9.17) is 10.00 Å². The summed E-state index contributed by atoms with van der Waals surface area (Å²) in [6.45, 7) is 9.24. The predicted octanol–water partition coefficient (Wildman–Crippen LogP) is -0.0310. The van der Waals surface area contributed by atoms with E-state index in [2.05, 4.69) is 5.32 Å². The Morgan fingerprint density at radius 1 is 1.22 bits per heavy atom. The molecule has 1 saturated heterocycles. The molecule has 1 fully saturated rings.